The fourth-order valence-electron chi connectivity index (χ4n) is 3.92. The predicted octanol–water partition coefficient (Wildman–Crippen LogP) is 4.66. The number of rotatable bonds is 9. The Labute approximate surface area is 227 Å². The quantitative estimate of drug-likeness (QED) is 0.300. The van der Waals surface area contributed by atoms with Gasteiger partial charge >= 0.3 is 11.9 Å². The first-order chi connectivity index (χ1) is 18.2. The largest absolute Gasteiger partial charge is 0.462 e. The highest BCUT2D eigenvalue weighted by Crippen LogP contribution is 2.33. The first kappa shape index (κ1) is 27.2. The van der Waals surface area contributed by atoms with Crippen molar-refractivity contribution in [3.8, 4) is 0 Å². The summed E-state index contributed by atoms with van der Waals surface area (Å²) in [5.74, 6) is -1.52. The molecule has 1 amide bonds. The van der Waals surface area contributed by atoms with Gasteiger partial charge in [0.1, 0.15) is 21.3 Å². The van der Waals surface area contributed by atoms with E-state index in [4.69, 9.17) is 9.47 Å². The van der Waals surface area contributed by atoms with E-state index in [1.807, 2.05) is 37.3 Å². The molecule has 3 aromatic heterocycles. The number of aryl methyl sites for hydroxylation is 2. The third-order valence-corrected chi connectivity index (χ3v) is 8.30. The number of nitrogens with zero attached hydrogens (tertiary/aromatic N) is 2. The van der Waals surface area contributed by atoms with Crippen LogP contribution in [0.3, 0.4) is 0 Å². The van der Waals surface area contributed by atoms with Gasteiger partial charge in [-0.25, -0.2) is 14.6 Å². The first-order valence-corrected chi connectivity index (χ1v) is 13.6. The normalized spacial score (nSPS) is 10.9. The molecule has 1 N–H and O–H groups in total. The maximum Gasteiger partial charge on any atom is 0.348 e. The van der Waals surface area contributed by atoms with Crippen LogP contribution in [0.1, 0.15) is 48.5 Å². The zero-order chi connectivity index (χ0) is 27.4. The van der Waals surface area contributed by atoms with Crippen LogP contribution in [-0.2, 0) is 27.2 Å². The van der Waals surface area contributed by atoms with Gasteiger partial charge in [0.25, 0.3) is 5.56 Å². The summed E-state index contributed by atoms with van der Waals surface area (Å²) >= 11 is 2.36. The number of carbonyl (C=O) groups excluding carboxylic acids is 3. The molecular formula is C27H27N3O6S2. The Bertz CT molecular complexity index is 1570. The van der Waals surface area contributed by atoms with E-state index < -0.39 is 23.4 Å². The number of carbonyl (C=O) groups is 3. The van der Waals surface area contributed by atoms with E-state index in [-0.39, 0.29) is 25.1 Å². The van der Waals surface area contributed by atoms with Crippen molar-refractivity contribution in [3.63, 3.8) is 0 Å². The monoisotopic (exact) mass is 553 g/mol. The maximum atomic E-state index is 13.2. The molecule has 4 aromatic rings. The zero-order valence-electron chi connectivity index (χ0n) is 21.5. The summed E-state index contributed by atoms with van der Waals surface area (Å²) in [6.45, 7) is 7.13. The lowest BCUT2D eigenvalue weighted by Crippen LogP contribution is -2.28. The molecule has 0 fully saturated rings. The first-order valence-electron chi connectivity index (χ1n) is 12.0. The van der Waals surface area contributed by atoms with E-state index >= 15 is 0 Å². The van der Waals surface area contributed by atoms with E-state index in [1.165, 1.54) is 22.2 Å². The lowest BCUT2D eigenvalue weighted by Gasteiger charge is -2.08. The Morgan fingerprint density at radius 2 is 1.74 bits per heavy atom. The Kier molecular flexibility index (Phi) is 8.38. The minimum absolute atomic E-state index is 0.212. The molecule has 9 nitrogen and oxygen atoms in total. The van der Waals surface area contributed by atoms with Gasteiger partial charge in [-0.1, -0.05) is 30.3 Å². The third-order valence-electron chi connectivity index (χ3n) is 6.00. The molecule has 11 heteroatoms. The second kappa shape index (κ2) is 11.7. The van der Waals surface area contributed by atoms with Crippen LogP contribution in [0.2, 0.25) is 0 Å². The number of thiophene rings is 2. The summed E-state index contributed by atoms with van der Waals surface area (Å²) < 4.78 is 11.7. The van der Waals surface area contributed by atoms with Crippen molar-refractivity contribution in [1.82, 2.24) is 9.55 Å². The zero-order valence-corrected chi connectivity index (χ0v) is 23.1. The summed E-state index contributed by atoms with van der Waals surface area (Å²) in [5, 5.41) is 3.38. The van der Waals surface area contributed by atoms with Gasteiger partial charge < -0.3 is 14.8 Å². The fourth-order valence-corrected chi connectivity index (χ4v) is 6.02. The van der Waals surface area contributed by atoms with Crippen molar-refractivity contribution in [2.45, 2.75) is 40.7 Å². The molecule has 198 valence electrons. The SMILES string of the molecule is CCOC(=O)c1c(NC(=O)Cn2cnc3sc(C(=O)OCCc4ccccc4)c(C)c3c2=O)sc(C)c1C. The van der Waals surface area contributed by atoms with Crippen molar-refractivity contribution in [1.29, 1.82) is 0 Å². The molecular weight excluding hydrogens is 526 g/mol. The summed E-state index contributed by atoms with van der Waals surface area (Å²) in [5.41, 5.74) is 2.13. The number of hydrogen-bond donors (Lipinski definition) is 1. The molecule has 0 radical (unpaired) electrons. The molecule has 0 aliphatic rings. The smallest absolute Gasteiger partial charge is 0.348 e. The lowest BCUT2D eigenvalue weighted by atomic mass is 10.1. The highest BCUT2D eigenvalue weighted by atomic mass is 32.1. The Morgan fingerprint density at radius 3 is 2.45 bits per heavy atom. The number of benzene rings is 1. The highest BCUT2D eigenvalue weighted by Gasteiger charge is 2.24. The number of fused-ring (bicyclic) bond motifs is 1. The Balaban J connectivity index is 1.50. The van der Waals surface area contributed by atoms with E-state index in [1.54, 1.807) is 20.8 Å². The van der Waals surface area contributed by atoms with Gasteiger partial charge in [0.15, 0.2) is 0 Å². The summed E-state index contributed by atoms with van der Waals surface area (Å²) in [7, 11) is 0. The number of aromatic nitrogens is 2. The second-order valence-corrected chi connectivity index (χ2v) is 10.8. The van der Waals surface area contributed by atoms with Crippen LogP contribution in [0.5, 0.6) is 0 Å². The molecule has 0 spiro atoms. The Hall–Kier alpha value is -3.83. The van der Waals surface area contributed by atoms with Crippen LogP contribution in [0.15, 0.2) is 41.5 Å². The van der Waals surface area contributed by atoms with Crippen molar-refractivity contribution < 1.29 is 23.9 Å². The second-order valence-electron chi connectivity index (χ2n) is 8.54. The van der Waals surface area contributed by atoms with Crippen LogP contribution in [0.4, 0.5) is 5.00 Å². The van der Waals surface area contributed by atoms with Gasteiger partial charge in [-0.05, 0) is 44.4 Å². The summed E-state index contributed by atoms with van der Waals surface area (Å²) in [6, 6.07) is 9.68. The molecule has 1 aromatic carbocycles. The minimum atomic E-state index is -0.514. The maximum absolute atomic E-state index is 13.2. The van der Waals surface area contributed by atoms with Crippen LogP contribution in [0, 0.1) is 20.8 Å². The van der Waals surface area contributed by atoms with Crippen molar-refractivity contribution in [3.05, 3.63) is 79.0 Å². The number of esters is 2. The fraction of sp³-hybridized carbons (Fsp3) is 0.296. The molecule has 0 saturated heterocycles. The van der Waals surface area contributed by atoms with Gasteiger partial charge in [-0.3, -0.25) is 14.2 Å². The van der Waals surface area contributed by atoms with E-state index in [0.29, 0.717) is 32.3 Å². The molecule has 0 saturated carbocycles. The molecule has 0 aliphatic carbocycles. The van der Waals surface area contributed by atoms with Gasteiger partial charge in [0.2, 0.25) is 5.91 Å². The van der Waals surface area contributed by atoms with Gasteiger partial charge in [-0.2, -0.15) is 0 Å². The lowest BCUT2D eigenvalue weighted by molar-refractivity contribution is -0.116. The molecule has 0 atom stereocenters. The topological polar surface area (TPSA) is 117 Å². The van der Waals surface area contributed by atoms with Crippen LogP contribution < -0.4 is 10.9 Å². The van der Waals surface area contributed by atoms with E-state index in [9.17, 15) is 19.2 Å². The number of nitrogens with one attached hydrogen (secondary N) is 1. The number of hydrogen-bond acceptors (Lipinski definition) is 9. The Morgan fingerprint density at radius 1 is 1.00 bits per heavy atom. The van der Waals surface area contributed by atoms with E-state index in [0.717, 1.165) is 27.3 Å². The highest BCUT2D eigenvalue weighted by molar-refractivity contribution is 7.20. The average molecular weight is 554 g/mol. The summed E-state index contributed by atoms with van der Waals surface area (Å²) in [4.78, 5) is 57.1. The summed E-state index contributed by atoms with van der Waals surface area (Å²) in [6.07, 6.45) is 1.86. The number of ether oxygens (including phenoxy) is 2. The molecule has 0 aliphatic heterocycles. The third kappa shape index (κ3) is 5.68. The molecule has 0 unspecified atom stereocenters. The van der Waals surface area contributed by atoms with Crippen LogP contribution in [-0.4, -0.2) is 40.6 Å². The van der Waals surface area contributed by atoms with Crippen molar-refractivity contribution >= 4 is 55.7 Å². The van der Waals surface area contributed by atoms with Gasteiger partial charge in [0.05, 0.1) is 30.5 Å². The average Bonchev–Trinajstić information content (AvgIpc) is 3.37. The van der Waals surface area contributed by atoms with Gasteiger partial charge in [-0.15, -0.1) is 22.7 Å². The number of anilines is 1. The van der Waals surface area contributed by atoms with E-state index in [2.05, 4.69) is 10.3 Å². The molecule has 0 bridgehead atoms. The predicted molar refractivity (Wildman–Crippen MR) is 147 cm³/mol. The van der Waals surface area contributed by atoms with Crippen molar-refractivity contribution in [2.24, 2.45) is 0 Å². The number of amides is 1. The van der Waals surface area contributed by atoms with Crippen molar-refractivity contribution in [2.75, 3.05) is 18.5 Å². The molecule has 3 heterocycles. The molecule has 4 rings (SSSR count). The minimum Gasteiger partial charge on any atom is -0.462 e. The molecule has 38 heavy (non-hydrogen) atoms. The van der Waals surface area contributed by atoms with Crippen LogP contribution in [0.25, 0.3) is 10.2 Å². The van der Waals surface area contributed by atoms with Gasteiger partial charge in [0, 0.05) is 11.3 Å². The van der Waals surface area contributed by atoms with Crippen LogP contribution >= 0.6 is 22.7 Å². The standard InChI is InChI=1S/C27H27N3O6S2/c1-5-35-26(33)21-15(2)17(4)37-24(21)29-19(31)13-30-14-28-23-20(25(30)32)16(3)22(38-23)27(34)36-12-11-18-9-7-6-8-10-18/h6-10,14H,5,11-13H2,1-4H3,(H,29,31).